The van der Waals surface area contributed by atoms with Crippen LogP contribution in [0.4, 0.5) is 0 Å². The van der Waals surface area contributed by atoms with E-state index in [2.05, 4.69) is 6.58 Å². The molecule has 0 aromatic carbocycles. The maximum absolute atomic E-state index is 9.41. The lowest BCUT2D eigenvalue weighted by Crippen LogP contribution is -1.65. The summed E-state index contributed by atoms with van der Waals surface area (Å²) < 4.78 is 0. The number of carbonyl (C=O) groups is 1. The molecule has 0 aliphatic rings. The second-order valence-corrected chi connectivity index (χ2v) is 0.964. The van der Waals surface area contributed by atoms with Gasteiger partial charge in [-0.2, -0.15) is 0 Å². The van der Waals surface area contributed by atoms with Crippen molar-refractivity contribution in [1.29, 1.82) is 0 Å². The number of aldehydes is 1. The molecule has 0 spiro atoms. The second-order valence-electron chi connectivity index (χ2n) is 0.964. The van der Waals surface area contributed by atoms with E-state index in [1.807, 2.05) is 0 Å². The number of carbonyl (C=O) groups excluding carboxylic acids is 1. The molecule has 0 saturated heterocycles. The Bertz CT molecular complexity index is 56.6. The summed E-state index contributed by atoms with van der Waals surface area (Å²) in [5, 5.41) is 0. The standard InChI is InChI=1S/C4H6O.O/c1-4(2)3-5;/h3H,1H2,2H3;. The van der Waals surface area contributed by atoms with Crippen molar-refractivity contribution in [2.75, 3.05) is 0 Å². The molecule has 2 heteroatoms. The van der Waals surface area contributed by atoms with E-state index >= 15 is 0 Å². The van der Waals surface area contributed by atoms with Gasteiger partial charge < -0.3 is 0 Å². The van der Waals surface area contributed by atoms with E-state index in [0.717, 1.165) is 6.29 Å². The lowest BCUT2D eigenvalue weighted by Gasteiger charge is -1.65. The first-order valence-corrected chi connectivity index (χ1v) is 1.38. The molecule has 6 heavy (non-hydrogen) atoms. The first kappa shape index (κ1) is 9.03. The largest absolute Gasteiger partial charge is 0.298 e. The molecule has 0 amide bonds. The fraction of sp³-hybridized carbons (Fsp3) is 0.250. The lowest BCUT2D eigenvalue weighted by atomic mass is 10.4. The zero-order valence-electron chi connectivity index (χ0n) is 3.60. The molecule has 0 heterocycles. The molecule has 0 fully saturated rings. The minimum atomic E-state index is 0. The van der Waals surface area contributed by atoms with Gasteiger partial charge in [0.2, 0.25) is 0 Å². The summed E-state index contributed by atoms with van der Waals surface area (Å²) in [4.78, 5) is 9.41. The molecule has 0 saturated carbocycles. The number of hydrogen-bond acceptors (Lipinski definition) is 1. The van der Waals surface area contributed by atoms with E-state index in [1.54, 1.807) is 6.92 Å². The van der Waals surface area contributed by atoms with Crippen LogP contribution in [0.25, 0.3) is 0 Å². The minimum absolute atomic E-state index is 0. The van der Waals surface area contributed by atoms with Gasteiger partial charge in [-0.1, -0.05) is 6.58 Å². The molecule has 2 radical (unpaired) electrons. The normalized spacial score (nSPS) is 5.50. The zero-order valence-corrected chi connectivity index (χ0v) is 3.60. The summed E-state index contributed by atoms with van der Waals surface area (Å²) in [7, 11) is 0. The molecule has 0 atom stereocenters. The van der Waals surface area contributed by atoms with Crippen LogP contribution in [0.1, 0.15) is 6.92 Å². The minimum Gasteiger partial charge on any atom is -0.298 e. The summed E-state index contributed by atoms with van der Waals surface area (Å²) in [6.07, 6.45) is 0.722. The van der Waals surface area contributed by atoms with Gasteiger partial charge in [0.25, 0.3) is 0 Å². The number of allylic oxidation sites excluding steroid dienone is 1. The summed E-state index contributed by atoms with van der Waals surface area (Å²) >= 11 is 0. The monoisotopic (exact) mass is 86.0 g/mol. The Morgan fingerprint density at radius 3 is 2.00 bits per heavy atom. The average Bonchev–Trinajstić information content (AvgIpc) is 1.38. The van der Waals surface area contributed by atoms with E-state index in [-0.39, 0.29) is 5.48 Å². The maximum atomic E-state index is 9.41. The third kappa shape index (κ3) is 10.1. The fourth-order valence-corrected chi connectivity index (χ4v) is 0. The third-order valence-corrected chi connectivity index (χ3v) is 0.201. The first-order valence-electron chi connectivity index (χ1n) is 1.38. The predicted molar refractivity (Wildman–Crippen MR) is 21.6 cm³/mol. The Morgan fingerprint density at radius 1 is 1.83 bits per heavy atom. The van der Waals surface area contributed by atoms with Crippen LogP contribution in [0, 0.1) is 0 Å². The highest BCUT2D eigenvalue weighted by atomic mass is 16.1. The molecule has 0 aromatic heterocycles. The number of rotatable bonds is 1. The van der Waals surface area contributed by atoms with Crippen LogP contribution in [-0.4, -0.2) is 6.29 Å². The first-order chi connectivity index (χ1) is 2.27. The summed E-state index contributed by atoms with van der Waals surface area (Å²) in [5.74, 6) is 0. The lowest BCUT2D eigenvalue weighted by molar-refractivity contribution is -0.104. The summed E-state index contributed by atoms with van der Waals surface area (Å²) in [6, 6.07) is 0. The topological polar surface area (TPSA) is 45.6 Å². The van der Waals surface area contributed by atoms with Gasteiger partial charge in [-0.3, -0.25) is 4.79 Å². The van der Waals surface area contributed by atoms with Gasteiger partial charge in [-0.25, -0.2) is 0 Å². The molecule has 34 valence electrons. The van der Waals surface area contributed by atoms with Crippen molar-refractivity contribution in [2.45, 2.75) is 6.92 Å². The van der Waals surface area contributed by atoms with Crippen molar-refractivity contribution in [3.8, 4) is 0 Å². The molecular weight excluding hydrogens is 80.0 g/mol. The van der Waals surface area contributed by atoms with Gasteiger partial charge >= 0.3 is 0 Å². The van der Waals surface area contributed by atoms with Crippen LogP contribution >= 0.6 is 0 Å². The molecule has 0 rings (SSSR count). The fourth-order valence-electron chi connectivity index (χ4n) is 0. The van der Waals surface area contributed by atoms with Crippen molar-refractivity contribution >= 4 is 6.29 Å². The van der Waals surface area contributed by atoms with Gasteiger partial charge in [0, 0.05) is 5.48 Å². The van der Waals surface area contributed by atoms with Crippen LogP contribution in [0.5, 0.6) is 0 Å². The predicted octanol–water partition coefficient (Wildman–Crippen LogP) is 0.643. The highest BCUT2D eigenvalue weighted by Crippen LogP contribution is 1.70. The van der Waals surface area contributed by atoms with Crippen molar-refractivity contribution < 1.29 is 10.3 Å². The van der Waals surface area contributed by atoms with Crippen LogP contribution in [0.15, 0.2) is 12.2 Å². The second kappa shape index (κ2) is 4.37. The van der Waals surface area contributed by atoms with Crippen LogP contribution in [-0.2, 0) is 10.3 Å². The SMILES string of the molecule is C=C(C)C=O.[O]. The highest BCUT2D eigenvalue weighted by molar-refractivity contribution is 5.70. The molecule has 0 N–H and O–H groups in total. The van der Waals surface area contributed by atoms with E-state index in [0.29, 0.717) is 5.57 Å². The quantitative estimate of drug-likeness (QED) is 0.341. The Hall–Kier alpha value is -0.630. The van der Waals surface area contributed by atoms with Gasteiger partial charge in [-0.05, 0) is 12.5 Å². The van der Waals surface area contributed by atoms with E-state index in [4.69, 9.17) is 0 Å². The van der Waals surface area contributed by atoms with Crippen molar-refractivity contribution in [2.24, 2.45) is 0 Å². The Labute approximate surface area is 36.8 Å². The summed E-state index contributed by atoms with van der Waals surface area (Å²) in [5.41, 5.74) is 0.574. The van der Waals surface area contributed by atoms with Crippen molar-refractivity contribution in [3.63, 3.8) is 0 Å². The summed E-state index contributed by atoms with van der Waals surface area (Å²) in [6.45, 7) is 4.97. The van der Waals surface area contributed by atoms with Crippen molar-refractivity contribution in [3.05, 3.63) is 12.2 Å². The molecule has 0 unspecified atom stereocenters. The molecular formula is C4H6O2. The van der Waals surface area contributed by atoms with Crippen molar-refractivity contribution in [1.82, 2.24) is 0 Å². The smallest absolute Gasteiger partial charge is 0.145 e. The van der Waals surface area contributed by atoms with E-state index < -0.39 is 0 Å². The Morgan fingerprint density at radius 2 is 2.00 bits per heavy atom. The average molecular weight is 86.1 g/mol. The van der Waals surface area contributed by atoms with Crippen LogP contribution in [0.3, 0.4) is 0 Å². The van der Waals surface area contributed by atoms with Gasteiger partial charge in [0.05, 0.1) is 0 Å². The zero-order chi connectivity index (χ0) is 4.28. The molecule has 0 bridgehead atoms. The van der Waals surface area contributed by atoms with Gasteiger partial charge in [0.1, 0.15) is 6.29 Å². The maximum Gasteiger partial charge on any atom is 0.145 e. The molecule has 0 aliphatic carbocycles. The molecule has 0 aromatic rings. The van der Waals surface area contributed by atoms with E-state index in [9.17, 15) is 4.79 Å². The Kier molecular flexibility index (Phi) is 6.58. The van der Waals surface area contributed by atoms with Crippen LogP contribution in [0.2, 0.25) is 0 Å². The van der Waals surface area contributed by atoms with E-state index in [1.165, 1.54) is 0 Å². The van der Waals surface area contributed by atoms with Gasteiger partial charge in [-0.15, -0.1) is 0 Å². The Balaban J connectivity index is 0. The number of hydrogen-bond donors (Lipinski definition) is 0. The third-order valence-electron chi connectivity index (χ3n) is 0.201. The molecule has 2 nitrogen and oxygen atoms in total. The van der Waals surface area contributed by atoms with Gasteiger partial charge in [0.15, 0.2) is 0 Å². The van der Waals surface area contributed by atoms with Crippen LogP contribution < -0.4 is 0 Å². The molecule has 0 aliphatic heterocycles. The highest BCUT2D eigenvalue weighted by Gasteiger charge is 1.66.